The molecule has 5 nitrogen and oxygen atoms in total. The van der Waals surface area contributed by atoms with Gasteiger partial charge in [0.1, 0.15) is 0 Å². The van der Waals surface area contributed by atoms with Crippen LogP contribution in [0, 0.1) is 5.41 Å². The van der Waals surface area contributed by atoms with Gasteiger partial charge in [0, 0.05) is 17.8 Å². The summed E-state index contributed by atoms with van der Waals surface area (Å²) in [7, 11) is 0. The van der Waals surface area contributed by atoms with E-state index in [-0.39, 0.29) is 18.6 Å². The quantitative estimate of drug-likeness (QED) is 0.704. The maximum atomic E-state index is 12.0. The third-order valence-corrected chi connectivity index (χ3v) is 5.96. The summed E-state index contributed by atoms with van der Waals surface area (Å²) in [5.41, 5.74) is -0.742. The van der Waals surface area contributed by atoms with E-state index in [1.807, 2.05) is 11.8 Å². The van der Waals surface area contributed by atoms with Gasteiger partial charge in [0.25, 0.3) is 0 Å². The Morgan fingerprint density at radius 2 is 2.00 bits per heavy atom. The molecule has 2 aliphatic rings. The van der Waals surface area contributed by atoms with Gasteiger partial charge in [-0.05, 0) is 37.9 Å². The predicted molar refractivity (Wildman–Crippen MR) is 84.6 cm³/mol. The fourth-order valence-electron chi connectivity index (χ4n) is 3.46. The highest BCUT2D eigenvalue weighted by molar-refractivity contribution is 7.99. The predicted octanol–water partition coefficient (Wildman–Crippen LogP) is 2.60. The molecule has 2 rings (SSSR count). The number of hydrogen-bond donors (Lipinski definition) is 3. The zero-order valence-electron chi connectivity index (χ0n) is 12.7. The highest BCUT2D eigenvalue weighted by atomic mass is 32.2. The number of aliphatic carboxylic acids is 1. The Bertz CT molecular complexity index is 383. The average Bonchev–Trinajstić information content (AvgIpc) is 3.07. The minimum absolute atomic E-state index is 0.213. The summed E-state index contributed by atoms with van der Waals surface area (Å²) in [5.74, 6) is 0.339. The van der Waals surface area contributed by atoms with E-state index >= 15 is 0 Å². The van der Waals surface area contributed by atoms with E-state index in [2.05, 4.69) is 17.6 Å². The van der Waals surface area contributed by atoms with Crippen molar-refractivity contribution in [2.75, 3.05) is 12.3 Å². The average molecular weight is 314 g/mol. The van der Waals surface area contributed by atoms with Gasteiger partial charge in [-0.2, -0.15) is 11.8 Å². The molecule has 0 aromatic carbocycles. The fraction of sp³-hybridized carbons (Fsp3) is 0.867. The van der Waals surface area contributed by atoms with Gasteiger partial charge >= 0.3 is 12.0 Å². The Morgan fingerprint density at radius 1 is 1.29 bits per heavy atom. The van der Waals surface area contributed by atoms with Crippen LogP contribution in [0.4, 0.5) is 4.79 Å². The maximum Gasteiger partial charge on any atom is 0.315 e. The number of carboxylic acids is 1. The van der Waals surface area contributed by atoms with Gasteiger partial charge in [-0.1, -0.05) is 19.8 Å². The molecule has 2 fully saturated rings. The number of carboxylic acid groups (broad SMARTS) is 1. The van der Waals surface area contributed by atoms with Crippen LogP contribution in [0.5, 0.6) is 0 Å². The van der Waals surface area contributed by atoms with Crippen molar-refractivity contribution in [1.29, 1.82) is 0 Å². The van der Waals surface area contributed by atoms with Gasteiger partial charge in [-0.15, -0.1) is 0 Å². The Labute approximate surface area is 130 Å². The van der Waals surface area contributed by atoms with Crippen LogP contribution < -0.4 is 10.6 Å². The first-order chi connectivity index (χ1) is 10.1. The van der Waals surface area contributed by atoms with E-state index < -0.39 is 11.4 Å². The van der Waals surface area contributed by atoms with Gasteiger partial charge in [-0.3, -0.25) is 4.79 Å². The molecule has 0 aromatic rings. The zero-order chi connectivity index (χ0) is 15.3. The summed E-state index contributed by atoms with van der Waals surface area (Å²) >= 11 is 1.96. The first-order valence-corrected chi connectivity index (χ1v) is 9.00. The second-order valence-corrected chi connectivity index (χ2v) is 7.78. The van der Waals surface area contributed by atoms with Crippen molar-refractivity contribution in [1.82, 2.24) is 10.6 Å². The van der Waals surface area contributed by atoms with Gasteiger partial charge in [0.2, 0.25) is 0 Å². The van der Waals surface area contributed by atoms with E-state index in [1.165, 1.54) is 0 Å². The summed E-state index contributed by atoms with van der Waals surface area (Å²) in [6.45, 7) is 2.40. The second kappa shape index (κ2) is 7.38. The molecular weight excluding hydrogens is 288 g/mol. The van der Waals surface area contributed by atoms with Crippen LogP contribution in [0.15, 0.2) is 0 Å². The van der Waals surface area contributed by atoms with Gasteiger partial charge in [0.05, 0.1) is 5.41 Å². The van der Waals surface area contributed by atoms with E-state index in [0.717, 1.165) is 37.9 Å². The Hall–Kier alpha value is -0.910. The first-order valence-electron chi connectivity index (χ1n) is 7.95. The third-order valence-electron chi connectivity index (χ3n) is 4.72. The third kappa shape index (κ3) is 4.28. The number of carbonyl (C=O) groups excluding carboxylic acids is 1. The lowest BCUT2D eigenvalue weighted by atomic mass is 9.86. The summed E-state index contributed by atoms with van der Waals surface area (Å²) in [6.07, 6.45) is 6.42. The summed E-state index contributed by atoms with van der Waals surface area (Å²) in [4.78, 5) is 23.4. The SMILES string of the molecule is CCSC1CCC(NC(=O)NCC2(C(=O)O)CCCC2)C1. The lowest BCUT2D eigenvalue weighted by Crippen LogP contribution is -2.47. The van der Waals surface area contributed by atoms with Crippen molar-refractivity contribution in [3.05, 3.63) is 0 Å². The molecule has 2 aliphatic carbocycles. The lowest BCUT2D eigenvalue weighted by molar-refractivity contribution is -0.148. The summed E-state index contributed by atoms with van der Waals surface area (Å²) < 4.78 is 0. The molecule has 0 aliphatic heterocycles. The van der Waals surface area contributed by atoms with Crippen molar-refractivity contribution in [3.8, 4) is 0 Å². The molecule has 2 saturated carbocycles. The van der Waals surface area contributed by atoms with Crippen molar-refractivity contribution in [2.24, 2.45) is 5.41 Å². The maximum absolute atomic E-state index is 12.0. The number of rotatable bonds is 6. The van der Waals surface area contributed by atoms with Gasteiger partial charge < -0.3 is 15.7 Å². The first kappa shape index (κ1) is 16.5. The van der Waals surface area contributed by atoms with Crippen LogP contribution in [-0.2, 0) is 4.79 Å². The molecule has 2 unspecified atom stereocenters. The minimum atomic E-state index is -0.777. The van der Waals surface area contributed by atoms with Crippen LogP contribution in [0.25, 0.3) is 0 Å². The normalized spacial score (nSPS) is 27.5. The molecule has 0 heterocycles. The number of hydrogen-bond acceptors (Lipinski definition) is 3. The number of thioether (sulfide) groups is 1. The monoisotopic (exact) mass is 314 g/mol. The molecular formula is C15H26N2O3S. The van der Waals surface area contributed by atoms with Gasteiger partial charge in [-0.25, -0.2) is 4.79 Å². The van der Waals surface area contributed by atoms with E-state index in [1.54, 1.807) is 0 Å². The van der Waals surface area contributed by atoms with Crippen molar-refractivity contribution >= 4 is 23.8 Å². The highest BCUT2D eigenvalue weighted by Crippen LogP contribution is 2.37. The number of nitrogens with one attached hydrogen (secondary N) is 2. The molecule has 21 heavy (non-hydrogen) atoms. The van der Waals surface area contributed by atoms with Crippen LogP contribution in [0.1, 0.15) is 51.9 Å². The van der Waals surface area contributed by atoms with Gasteiger partial charge in [0.15, 0.2) is 0 Å². The van der Waals surface area contributed by atoms with E-state index in [4.69, 9.17) is 0 Å². The molecule has 2 amide bonds. The molecule has 0 bridgehead atoms. The van der Waals surface area contributed by atoms with Crippen LogP contribution >= 0.6 is 11.8 Å². The molecule has 6 heteroatoms. The fourth-order valence-corrected chi connectivity index (χ4v) is 4.60. The molecule has 0 saturated heterocycles. The number of carbonyl (C=O) groups is 2. The number of urea groups is 1. The van der Waals surface area contributed by atoms with Crippen molar-refractivity contribution in [3.63, 3.8) is 0 Å². The Kier molecular flexibility index (Phi) is 5.79. The molecule has 120 valence electrons. The Morgan fingerprint density at radius 3 is 2.62 bits per heavy atom. The summed E-state index contributed by atoms with van der Waals surface area (Å²) in [5, 5.41) is 15.8. The minimum Gasteiger partial charge on any atom is -0.481 e. The van der Waals surface area contributed by atoms with E-state index in [9.17, 15) is 14.7 Å². The summed E-state index contributed by atoms with van der Waals surface area (Å²) in [6, 6.07) is 0.0214. The number of amides is 2. The van der Waals surface area contributed by atoms with Crippen LogP contribution in [-0.4, -0.2) is 40.7 Å². The zero-order valence-corrected chi connectivity index (χ0v) is 13.5. The molecule has 2 atom stereocenters. The molecule has 0 radical (unpaired) electrons. The largest absolute Gasteiger partial charge is 0.481 e. The van der Waals surface area contributed by atoms with Crippen molar-refractivity contribution in [2.45, 2.75) is 63.2 Å². The lowest BCUT2D eigenvalue weighted by Gasteiger charge is -2.24. The molecule has 0 aromatic heterocycles. The topological polar surface area (TPSA) is 78.4 Å². The molecule has 3 N–H and O–H groups in total. The van der Waals surface area contributed by atoms with E-state index in [0.29, 0.717) is 18.1 Å². The molecule has 0 spiro atoms. The van der Waals surface area contributed by atoms with Crippen molar-refractivity contribution < 1.29 is 14.7 Å². The smallest absolute Gasteiger partial charge is 0.315 e. The Balaban J connectivity index is 1.74. The highest BCUT2D eigenvalue weighted by Gasteiger charge is 2.41. The van der Waals surface area contributed by atoms with Crippen LogP contribution in [0.2, 0.25) is 0 Å². The standard InChI is InChI=1S/C15H26N2O3S/c1-2-21-12-6-5-11(9-12)17-14(20)16-10-15(13(18)19)7-3-4-8-15/h11-12H,2-10H2,1H3,(H,18,19)(H2,16,17,20). The van der Waals surface area contributed by atoms with Crippen LogP contribution in [0.3, 0.4) is 0 Å². The second-order valence-electron chi connectivity index (χ2n) is 6.21.